The van der Waals surface area contributed by atoms with Gasteiger partial charge in [-0.3, -0.25) is 4.79 Å². The number of hydrogen-bond acceptors (Lipinski definition) is 6. The molecule has 0 radical (unpaired) electrons. The average molecular weight is 287 g/mol. The Labute approximate surface area is 122 Å². The third kappa shape index (κ3) is 3.19. The van der Waals surface area contributed by atoms with Crippen molar-refractivity contribution in [3.05, 3.63) is 35.9 Å². The van der Waals surface area contributed by atoms with Gasteiger partial charge in [0.05, 0.1) is 17.6 Å². The van der Waals surface area contributed by atoms with E-state index in [1.54, 1.807) is 25.3 Å². The van der Waals surface area contributed by atoms with Crippen LogP contribution < -0.4 is 15.5 Å². The number of carbonyl (C=O) groups is 1. The molecule has 1 fully saturated rings. The lowest BCUT2D eigenvalue weighted by atomic mass is 10.3. The summed E-state index contributed by atoms with van der Waals surface area (Å²) in [7, 11) is 0. The second-order valence-corrected chi connectivity index (χ2v) is 4.93. The van der Waals surface area contributed by atoms with Gasteiger partial charge in [0, 0.05) is 32.2 Å². The van der Waals surface area contributed by atoms with Gasteiger partial charge in [-0.25, -0.2) is 4.98 Å². The summed E-state index contributed by atoms with van der Waals surface area (Å²) in [4.78, 5) is 18.4. The van der Waals surface area contributed by atoms with E-state index in [1.165, 1.54) is 0 Å². The third-order valence-electron chi connectivity index (χ3n) is 3.32. The van der Waals surface area contributed by atoms with E-state index in [9.17, 15) is 4.79 Å². The topological polar surface area (TPSA) is 83.3 Å². The Balaban J connectivity index is 1.65. The lowest BCUT2D eigenvalue weighted by molar-refractivity contribution is 0.0987. The van der Waals surface area contributed by atoms with Gasteiger partial charge in [-0.2, -0.15) is 0 Å². The molecule has 21 heavy (non-hydrogen) atoms. The highest BCUT2D eigenvalue weighted by Crippen LogP contribution is 2.16. The van der Waals surface area contributed by atoms with Crippen molar-refractivity contribution in [2.24, 2.45) is 0 Å². The molecule has 0 aliphatic carbocycles. The third-order valence-corrected chi connectivity index (χ3v) is 3.32. The Hall–Kier alpha value is -2.41. The first-order valence-electron chi connectivity index (χ1n) is 6.89. The van der Waals surface area contributed by atoms with E-state index in [4.69, 9.17) is 4.52 Å². The summed E-state index contributed by atoms with van der Waals surface area (Å²) in [6.45, 7) is 5.64. The number of amides is 1. The van der Waals surface area contributed by atoms with Crippen molar-refractivity contribution in [1.82, 2.24) is 15.5 Å². The molecule has 0 saturated carbocycles. The van der Waals surface area contributed by atoms with Crippen LogP contribution in [0.25, 0.3) is 0 Å². The fourth-order valence-corrected chi connectivity index (χ4v) is 2.22. The number of anilines is 2. The molecule has 0 spiro atoms. The second-order valence-electron chi connectivity index (χ2n) is 4.93. The van der Waals surface area contributed by atoms with E-state index in [1.807, 2.05) is 6.07 Å². The summed E-state index contributed by atoms with van der Waals surface area (Å²) < 4.78 is 4.91. The number of nitrogens with one attached hydrogen (secondary N) is 2. The van der Waals surface area contributed by atoms with Crippen LogP contribution in [0.15, 0.2) is 28.9 Å². The number of aromatic nitrogens is 2. The van der Waals surface area contributed by atoms with Crippen LogP contribution in [0, 0.1) is 6.92 Å². The molecular weight excluding hydrogens is 270 g/mol. The highest BCUT2D eigenvalue weighted by Gasteiger charge is 2.14. The minimum Gasteiger partial charge on any atom is -0.368 e. The van der Waals surface area contributed by atoms with Gasteiger partial charge in [-0.05, 0) is 19.1 Å². The predicted molar refractivity (Wildman–Crippen MR) is 78.5 cm³/mol. The van der Waals surface area contributed by atoms with E-state index < -0.39 is 0 Å². The molecule has 1 aliphatic heterocycles. The first-order chi connectivity index (χ1) is 10.2. The van der Waals surface area contributed by atoms with Gasteiger partial charge in [0.1, 0.15) is 5.82 Å². The average Bonchev–Trinajstić information content (AvgIpc) is 2.96. The van der Waals surface area contributed by atoms with E-state index >= 15 is 0 Å². The Kier molecular flexibility index (Phi) is 3.83. The van der Waals surface area contributed by atoms with Crippen molar-refractivity contribution in [2.45, 2.75) is 6.92 Å². The van der Waals surface area contributed by atoms with Crippen LogP contribution in [-0.2, 0) is 0 Å². The molecule has 3 rings (SSSR count). The van der Waals surface area contributed by atoms with Gasteiger partial charge in [0.25, 0.3) is 5.91 Å². The maximum Gasteiger partial charge on any atom is 0.295 e. The molecule has 2 aromatic heterocycles. The van der Waals surface area contributed by atoms with Crippen molar-refractivity contribution in [3.63, 3.8) is 0 Å². The van der Waals surface area contributed by atoms with E-state index in [0.29, 0.717) is 11.5 Å². The van der Waals surface area contributed by atoms with Crippen LogP contribution in [0.1, 0.15) is 16.2 Å². The Morgan fingerprint density at radius 2 is 2.19 bits per heavy atom. The smallest absolute Gasteiger partial charge is 0.295 e. The Bertz CT molecular complexity index is 617. The first kappa shape index (κ1) is 13.6. The van der Waals surface area contributed by atoms with Gasteiger partial charge in [0.15, 0.2) is 0 Å². The van der Waals surface area contributed by atoms with E-state index in [2.05, 4.69) is 25.7 Å². The molecule has 1 saturated heterocycles. The quantitative estimate of drug-likeness (QED) is 0.877. The number of carbonyl (C=O) groups excluding carboxylic acids is 1. The number of piperazine rings is 1. The van der Waals surface area contributed by atoms with Crippen molar-refractivity contribution >= 4 is 17.4 Å². The molecule has 3 heterocycles. The standard InChI is InChI=1S/C14H17N5O2/c1-10-8-12(21-18-10)14(20)17-13-3-2-11(9-16-13)19-6-4-15-5-7-19/h2-3,8-9,15H,4-7H2,1H3,(H,16,17,20). The van der Waals surface area contributed by atoms with E-state index in [-0.39, 0.29) is 11.7 Å². The Morgan fingerprint density at radius 3 is 2.81 bits per heavy atom. The molecule has 2 N–H and O–H groups in total. The minimum absolute atomic E-state index is 0.181. The molecule has 0 unspecified atom stereocenters. The number of rotatable bonds is 3. The van der Waals surface area contributed by atoms with Crippen LogP contribution in [0.5, 0.6) is 0 Å². The summed E-state index contributed by atoms with van der Waals surface area (Å²) in [5, 5.41) is 9.68. The summed E-state index contributed by atoms with van der Waals surface area (Å²) in [6.07, 6.45) is 1.77. The fraction of sp³-hybridized carbons (Fsp3) is 0.357. The largest absolute Gasteiger partial charge is 0.368 e. The zero-order chi connectivity index (χ0) is 14.7. The molecule has 1 amide bonds. The minimum atomic E-state index is -0.349. The van der Waals surface area contributed by atoms with Gasteiger partial charge in [-0.15, -0.1) is 0 Å². The van der Waals surface area contributed by atoms with Crippen molar-refractivity contribution in [3.8, 4) is 0 Å². The number of hydrogen-bond donors (Lipinski definition) is 2. The van der Waals surface area contributed by atoms with Crippen LogP contribution in [0.2, 0.25) is 0 Å². The maximum atomic E-state index is 11.9. The fourth-order valence-electron chi connectivity index (χ4n) is 2.22. The number of pyridine rings is 1. The monoisotopic (exact) mass is 287 g/mol. The number of aryl methyl sites for hydroxylation is 1. The highest BCUT2D eigenvalue weighted by atomic mass is 16.5. The summed E-state index contributed by atoms with van der Waals surface area (Å²) in [6, 6.07) is 5.34. The zero-order valence-electron chi connectivity index (χ0n) is 11.8. The summed E-state index contributed by atoms with van der Waals surface area (Å²) in [5.74, 6) is 0.325. The second kappa shape index (κ2) is 5.92. The molecule has 2 aromatic rings. The molecule has 0 aromatic carbocycles. The maximum absolute atomic E-state index is 11.9. The van der Waals surface area contributed by atoms with E-state index in [0.717, 1.165) is 31.9 Å². The lowest BCUT2D eigenvalue weighted by Crippen LogP contribution is -2.43. The lowest BCUT2D eigenvalue weighted by Gasteiger charge is -2.29. The normalized spacial score (nSPS) is 15.0. The van der Waals surface area contributed by atoms with Gasteiger partial charge in [0.2, 0.25) is 5.76 Å². The van der Waals surface area contributed by atoms with Crippen molar-refractivity contribution < 1.29 is 9.32 Å². The molecule has 7 nitrogen and oxygen atoms in total. The van der Waals surface area contributed by atoms with Crippen LogP contribution >= 0.6 is 0 Å². The van der Waals surface area contributed by atoms with Crippen LogP contribution in [0.4, 0.5) is 11.5 Å². The zero-order valence-corrected chi connectivity index (χ0v) is 11.8. The molecule has 1 aliphatic rings. The molecule has 110 valence electrons. The number of nitrogens with zero attached hydrogens (tertiary/aromatic N) is 3. The highest BCUT2D eigenvalue weighted by molar-refractivity contribution is 6.01. The molecule has 0 bridgehead atoms. The Morgan fingerprint density at radius 1 is 1.38 bits per heavy atom. The van der Waals surface area contributed by atoms with Crippen molar-refractivity contribution in [2.75, 3.05) is 36.4 Å². The van der Waals surface area contributed by atoms with Gasteiger partial charge >= 0.3 is 0 Å². The predicted octanol–water partition coefficient (Wildman–Crippen LogP) is 1.04. The molecule has 0 atom stereocenters. The molecule has 7 heteroatoms. The van der Waals surface area contributed by atoms with Crippen LogP contribution in [0.3, 0.4) is 0 Å². The van der Waals surface area contributed by atoms with Crippen molar-refractivity contribution in [1.29, 1.82) is 0 Å². The van der Waals surface area contributed by atoms with Gasteiger partial charge < -0.3 is 20.1 Å². The summed E-state index contributed by atoms with van der Waals surface area (Å²) in [5.41, 5.74) is 1.73. The SMILES string of the molecule is Cc1cc(C(=O)Nc2ccc(N3CCNCC3)cn2)on1. The van der Waals surface area contributed by atoms with Crippen LogP contribution in [-0.4, -0.2) is 42.2 Å². The molecular formula is C14H17N5O2. The first-order valence-corrected chi connectivity index (χ1v) is 6.89. The van der Waals surface area contributed by atoms with Gasteiger partial charge in [-0.1, -0.05) is 5.16 Å². The summed E-state index contributed by atoms with van der Waals surface area (Å²) >= 11 is 0.